The van der Waals surface area contributed by atoms with Crippen LogP contribution in [0.5, 0.6) is 0 Å². The highest BCUT2D eigenvalue weighted by molar-refractivity contribution is 5.77. The molecule has 0 unspecified atom stereocenters. The van der Waals surface area contributed by atoms with Gasteiger partial charge in [0.2, 0.25) is 0 Å². The molecule has 4 heteroatoms. The van der Waals surface area contributed by atoms with Crippen molar-refractivity contribution in [1.82, 2.24) is 4.90 Å². The Kier molecular flexibility index (Phi) is 3.78. The molecule has 0 aromatic heterocycles. The highest BCUT2D eigenvalue weighted by atomic mass is 16.5. The Morgan fingerprint density at radius 1 is 1.09 bits per heavy atom. The minimum atomic E-state index is -0.00748. The quantitative estimate of drug-likeness (QED) is 0.800. The molecule has 1 aromatic carbocycles. The first-order chi connectivity index (χ1) is 10.8. The summed E-state index contributed by atoms with van der Waals surface area (Å²) in [5.41, 5.74) is 2.93. The topological polar surface area (TPSA) is 32.8 Å². The zero-order chi connectivity index (χ0) is 14.9. The first-order valence-electron chi connectivity index (χ1n) is 8.55. The van der Waals surface area contributed by atoms with Crippen molar-refractivity contribution in [2.45, 2.75) is 31.7 Å². The number of hydrogen-bond donors (Lipinski definition) is 0. The summed E-state index contributed by atoms with van der Waals surface area (Å²) < 4.78 is 5.10. The summed E-state index contributed by atoms with van der Waals surface area (Å²) in [6, 6.07) is 8.83. The maximum absolute atomic E-state index is 11.7. The van der Waals surface area contributed by atoms with E-state index in [2.05, 4.69) is 34.1 Å². The summed E-state index contributed by atoms with van der Waals surface area (Å²) in [4.78, 5) is 16.6. The Balaban J connectivity index is 1.32. The van der Waals surface area contributed by atoms with Gasteiger partial charge in [-0.15, -0.1) is 0 Å². The average molecular weight is 300 g/mol. The van der Waals surface area contributed by atoms with Crippen LogP contribution in [-0.2, 0) is 16.0 Å². The monoisotopic (exact) mass is 300 g/mol. The number of carbonyl (C=O) groups excluding carboxylic acids is 1. The van der Waals surface area contributed by atoms with Crippen LogP contribution in [0.1, 0.15) is 24.8 Å². The van der Waals surface area contributed by atoms with Gasteiger partial charge in [0.1, 0.15) is 6.04 Å². The highest BCUT2D eigenvalue weighted by Crippen LogP contribution is 2.30. The van der Waals surface area contributed by atoms with E-state index in [1.54, 1.807) is 0 Å². The molecule has 2 fully saturated rings. The summed E-state index contributed by atoms with van der Waals surface area (Å²) in [7, 11) is 0. The molecule has 0 saturated carbocycles. The van der Waals surface area contributed by atoms with E-state index < -0.39 is 0 Å². The van der Waals surface area contributed by atoms with Crippen LogP contribution >= 0.6 is 0 Å². The molecule has 0 N–H and O–H groups in total. The van der Waals surface area contributed by atoms with E-state index in [-0.39, 0.29) is 12.0 Å². The molecule has 3 heterocycles. The van der Waals surface area contributed by atoms with Crippen LogP contribution in [0, 0.1) is 5.92 Å². The molecular formula is C18H24N2O2. The maximum Gasteiger partial charge on any atom is 0.323 e. The number of rotatable bonds is 3. The van der Waals surface area contributed by atoms with E-state index in [0.29, 0.717) is 6.61 Å². The predicted molar refractivity (Wildman–Crippen MR) is 86.0 cm³/mol. The molecule has 3 aliphatic heterocycles. The lowest BCUT2D eigenvalue weighted by Gasteiger charge is -2.36. The van der Waals surface area contributed by atoms with Gasteiger partial charge in [0.15, 0.2) is 0 Å². The van der Waals surface area contributed by atoms with Crippen molar-refractivity contribution in [1.29, 1.82) is 0 Å². The number of piperidine rings is 1. The Bertz CT molecular complexity index is 552. The van der Waals surface area contributed by atoms with Crippen molar-refractivity contribution in [2.75, 3.05) is 37.7 Å². The van der Waals surface area contributed by atoms with Gasteiger partial charge in [-0.1, -0.05) is 18.2 Å². The van der Waals surface area contributed by atoms with Crippen molar-refractivity contribution in [3.63, 3.8) is 0 Å². The molecular weight excluding hydrogens is 276 g/mol. The predicted octanol–water partition coefficient (Wildman–Crippen LogP) is 2.08. The van der Waals surface area contributed by atoms with Gasteiger partial charge in [-0.2, -0.15) is 0 Å². The van der Waals surface area contributed by atoms with E-state index in [0.717, 1.165) is 32.0 Å². The summed E-state index contributed by atoms with van der Waals surface area (Å²) in [6.07, 6.45) is 4.46. The lowest BCUT2D eigenvalue weighted by molar-refractivity contribution is -0.142. The molecule has 118 valence electrons. The molecule has 1 aromatic rings. The third-order valence-corrected chi connectivity index (χ3v) is 5.46. The van der Waals surface area contributed by atoms with Crippen LogP contribution in [0.4, 0.5) is 5.69 Å². The zero-order valence-electron chi connectivity index (χ0n) is 13.0. The minimum absolute atomic E-state index is 0.00748. The number of esters is 1. The van der Waals surface area contributed by atoms with Crippen LogP contribution < -0.4 is 4.90 Å². The number of benzene rings is 1. The maximum atomic E-state index is 11.7. The van der Waals surface area contributed by atoms with Crippen LogP contribution in [0.25, 0.3) is 0 Å². The van der Waals surface area contributed by atoms with Gasteiger partial charge in [-0.25, -0.2) is 0 Å². The Labute approximate surface area is 132 Å². The smallest absolute Gasteiger partial charge is 0.323 e. The van der Waals surface area contributed by atoms with Gasteiger partial charge < -0.3 is 9.64 Å². The van der Waals surface area contributed by atoms with Gasteiger partial charge in [-0.3, -0.25) is 9.69 Å². The SMILES string of the molecule is O=C1OCC[C@@H]1N1CCC(CN2CCc3ccccc32)CC1. The fourth-order valence-corrected chi connectivity index (χ4v) is 4.17. The average Bonchev–Trinajstić information content (AvgIpc) is 3.15. The van der Waals surface area contributed by atoms with Gasteiger partial charge in [-0.05, 0) is 49.9 Å². The molecule has 4 rings (SSSR count). The third-order valence-electron chi connectivity index (χ3n) is 5.46. The summed E-state index contributed by atoms with van der Waals surface area (Å²) in [5, 5.41) is 0. The number of cyclic esters (lactones) is 1. The Morgan fingerprint density at radius 3 is 2.68 bits per heavy atom. The van der Waals surface area contributed by atoms with Crippen molar-refractivity contribution in [3.8, 4) is 0 Å². The van der Waals surface area contributed by atoms with Crippen molar-refractivity contribution in [2.24, 2.45) is 5.92 Å². The number of para-hydroxylation sites is 1. The van der Waals surface area contributed by atoms with E-state index in [4.69, 9.17) is 4.74 Å². The van der Waals surface area contributed by atoms with E-state index in [9.17, 15) is 4.79 Å². The Hall–Kier alpha value is -1.55. The summed E-state index contributed by atoms with van der Waals surface area (Å²) >= 11 is 0. The molecule has 0 bridgehead atoms. The van der Waals surface area contributed by atoms with Gasteiger partial charge in [0, 0.05) is 25.2 Å². The van der Waals surface area contributed by atoms with Gasteiger partial charge in [0.25, 0.3) is 0 Å². The minimum Gasteiger partial charge on any atom is -0.464 e. The first kappa shape index (κ1) is 14.1. The lowest BCUT2D eigenvalue weighted by atomic mass is 9.95. The van der Waals surface area contributed by atoms with Crippen LogP contribution in [0.2, 0.25) is 0 Å². The number of fused-ring (bicyclic) bond motifs is 1. The standard InChI is InChI=1S/C18H24N2O2/c21-18-17(8-12-22-18)19-9-5-14(6-10-19)13-20-11-7-15-3-1-2-4-16(15)20/h1-4,14,17H,5-13H2/t17-/m0/s1. The second-order valence-corrected chi connectivity index (χ2v) is 6.78. The normalized spacial score (nSPS) is 26.3. The summed E-state index contributed by atoms with van der Waals surface area (Å²) in [6.45, 7) is 5.02. The van der Waals surface area contributed by atoms with Crippen molar-refractivity contribution < 1.29 is 9.53 Å². The molecule has 0 spiro atoms. The zero-order valence-corrected chi connectivity index (χ0v) is 13.0. The number of ether oxygens (including phenoxy) is 1. The molecule has 1 atom stereocenters. The van der Waals surface area contributed by atoms with Crippen LogP contribution in [0.3, 0.4) is 0 Å². The largest absolute Gasteiger partial charge is 0.464 e. The lowest BCUT2D eigenvalue weighted by Crippen LogP contribution is -2.45. The van der Waals surface area contributed by atoms with Gasteiger partial charge >= 0.3 is 5.97 Å². The second-order valence-electron chi connectivity index (χ2n) is 6.78. The molecule has 3 aliphatic rings. The fraction of sp³-hybridized carbons (Fsp3) is 0.611. The van der Waals surface area contributed by atoms with E-state index in [1.807, 2.05) is 0 Å². The second kappa shape index (κ2) is 5.92. The van der Waals surface area contributed by atoms with Crippen molar-refractivity contribution >= 4 is 11.7 Å². The Morgan fingerprint density at radius 2 is 1.91 bits per heavy atom. The number of hydrogen-bond acceptors (Lipinski definition) is 4. The molecule has 2 saturated heterocycles. The number of carbonyl (C=O) groups is 1. The number of anilines is 1. The molecule has 0 amide bonds. The molecule has 4 nitrogen and oxygen atoms in total. The number of nitrogens with zero attached hydrogens (tertiary/aromatic N) is 2. The molecule has 22 heavy (non-hydrogen) atoms. The fourth-order valence-electron chi connectivity index (χ4n) is 4.17. The molecule has 0 radical (unpaired) electrons. The van der Waals surface area contributed by atoms with E-state index >= 15 is 0 Å². The number of likely N-dealkylation sites (tertiary alicyclic amines) is 1. The van der Waals surface area contributed by atoms with E-state index in [1.165, 1.54) is 37.1 Å². The highest BCUT2D eigenvalue weighted by Gasteiger charge is 2.35. The van der Waals surface area contributed by atoms with Crippen LogP contribution in [-0.4, -0.2) is 49.7 Å². The van der Waals surface area contributed by atoms with Crippen molar-refractivity contribution in [3.05, 3.63) is 29.8 Å². The first-order valence-corrected chi connectivity index (χ1v) is 8.55. The molecule has 0 aliphatic carbocycles. The van der Waals surface area contributed by atoms with Gasteiger partial charge in [0.05, 0.1) is 6.61 Å². The summed E-state index contributed by atoms with van der Waals surface area (Å²) in [5.74, 6) is 0.742. The third kappa shape index (κ3) is 2.60. The van der Waals surface area contributed by atoms with Crippen LogP contribution in [0.15, 0.2) is 24.3 Å².